The fraction of sp³-hybridized carbons (Fsp3) is 0.417. The molecule has 0 amide bonds. The van der Waals surface area contributed by atoms with Crippen molar-refractivity contribution in [2.24, 2.45) is 0 Å². The molecule has 0 N–H and O–H groups in total. The zero-order valence-electron chi connectivity index (χ0n) is 10.8. The molecule has 1 aliphatic heterocycles. The number of ether oxygens (including phenoxy) is 2. The van der Waals surface area contributed by atoms with Gasteiger partial charge in [-0.2, -0.15) is 4.98 Å². The zero-order valence-corrected chi connectivity index (χ0v) is 10.8. The highest BCUT2D eigenvalue weighted by Gasteiger charge is 2.30. The molecule has 1 unspecified atom stereocenters. The minimum Gasteiger partial charge on any atom is -0.480 e. The van der Waals surface area contributed by atoms with Gasteiger partial charge in [0, 0.05) is 12.5 Å². The first-order valence-electron chi connectivity index (χ1n) is 6.10. The van der Waals surface area contributed by atoms with E-state index in [1.807, 2.05) is 0 Å². The van der Waals surface area contributed by atoms with E-state index in [9.17, 15) is 4.79 Å². The van der Waals surface area contributed by atoms with Crippen molar-refractivity contribution in [2.45, 2.75) is 12.3 Å². The Morgan fingerprint density at radius 3 is 2.95 bits per heavy atom. The molecule has 0 radical (unpaired) electrons. The molecule has 1 fully saturated rings. The second-order valence-corrected chi connectivity index (χ2v) is 4.26. The Balaban J connectivity index is 1.83. The number of aromatic nitrogens is 4. The maximum atomic E-state index is 11.8. The number of nitrogens with zero attached hydrogens (tertiary/aromatic N) is 4. The van der Waals surface area contributed by atoms with Gasteiger partial charge in [0.2, 0.25) is 17.6 Å². The lowest BCUT2D eigenvalue weighted by Crippen LogP contribution is -2.25. The van der Waals surface area contributed by atoms with Crippen LogP contribution in [0.15, 0.2) is 16.7 Å². The number of carbonyl (C=O) groups is 1. The molecule has 8 heteroatoms. The van der Waals surface area contributed by atoms with Crippen molar-refractivity contribution in [3.63, 3.8) is 0 Å². The summed E-state index contributed by atoms with van der Waals surface area (Å²) in [5.41, 5.74) is 0.449. The van der Waals surface area contributed by atoms with Gasteiger partial charge < -0.3 is 14.0 Å². The molecule has 3 rings (SSSR count). The van der Waals surface area contributed by atoms with Gasteiger partial charge >= 0.3 is 0 Å². The molecule has 0 aliphatic carbocycles. The maximum Gasteiger partial charge on any atom is 0.239 e. The first-order chi connectivity index (χ1) is 9.78. The summed E-state index contributed by atoms with van der Waals surface area (Å²) in [5, 5.41) is 11.6. The quantitative estimate of drug-likeness (QED) is 0.803. The van der Waals surface area contributed by atoms with E-state index in [2.05, 4.69) is 20.3 Å². The van der Waals surface area contributed by atoms with E-state index in [0.717, 1.165) is 0 Å². The normalized spacial score (nSPS) is 19.1. The van der Waals surface area contributed by atoms with Crippen LogP contribution in [-0.4, -0.2) is 46.4 Å². The number of ketones is 1. The van der Waals surface area contributed by atoms with Crippen LogP contribution in [0.4, 0.5) is 0 Å². The van der Waals surface area contributed by atoms with Gasteiger partial charge in [0.25, 0.3) is 0 Å². The fourth-order valence-electron chi connectivity index (χ4n) is 1.88. The third-order valence-electron chi connectivity index (χ3n) is 2.98. The Kier molecular flexibility index (Phi) is 3.38. The molecule has 0 bridgehead atoms. The summed E-state index contributed by atoms with van der Waals surface area (Å²) in [4.78, 5) is 16.0. The number of rotatable bonds is 3. The predicted octanol–water partition coefficient (Wildman–Crippen LogP) is 0.608. The summed E-state index contributed by atoms with van der Waals surface area (Å²) in [6.45, 7) is 0.717. The van der Waals surface area contributed by atoms with Crippen LogP contribution in [0, 0.1) is 0 Å². The molecule has 20 heavy (non-hydrogen) atoms. The van der Waals surface area contributed by atoms with Gasteiger partial charge in [-0.3, -0.25) is 4.79 Å². The Morgan fingerprint density at radius 2 is 2.25 bits per heavy atom. The van der Waals surface area contributed by atoms with Crippen molar-refractivity contribution in [3.8, 4) is 17.4 Å². The summed E-state index contributed by atoms with van der Waals surface area (Å²) in [5.74, 6) is 0.493. The molecular formula is C12H12N4O4. The van der Waals surface area contributed by atoms with Gasteiger partial charge in [-0.25, -0.2) is 0 Å². The highest BCUT2D eigenvalue weighted by molar-refractivity contribution is 5.85. The van der Waals surface area contributed by atoms with Gasteiger partial charge in [0.05, 0.1) is 20.3 Å². The summed E-state index contributed by atoms with van der Waals surface area (Å²) < 4.78 is 15.3. The van der Waals surface area contributed by atoms with Crippen molar-refractivity contribution in [1.82, 2.24) is 20.3 Å². The van der Waals surface area contributed by atoms with E-state index in [1.165, 1.54) is 7.11 Å². The number of hydrogen-bond donors (Lipinski definition) is 0. The largest absolute Gasteiger partial charge is 0.480 e. The average Bonchev–Trinajstić information content (AvgIpc) is 2.97. The van der Waals surface area contributed by atoms with E-state index >= 15 is 0 Å². The minimum atomic E-state index is -0.490. The molecule has 0 spiro atoms. The van der Waals surface area contributed by atoms with Crippen LogP contribution in [0.1, 0.15) is 18.2 Å². The van der Waals surface area contributed by atoms with Gasteiger partial charge in [0.1, 0.15) is 17.4 Å². The van der Waals surface area contributed by atoms with Crippen molar-refractivity contribution < 1.29 is 18.8 Å². The van der Waals surface area contributed by atoms with E-state index in [1.54, 1.807) is 12.1 Å². The monoisotopic (exact) mass is 276 g/mol. The Bertz CT molecular complexity index is 610. The lowest BCUT2D eigenvalue weighted by Gasteiger charge is -2.16. The summed E-state index contributed by atoms with van der Waals surface area (Å²) in [6.07, 6.45) is 0.366. The molecule has 3 heterocycles. The van der Waals surface area contributed by atoms with Gasteiger partial charge in [-0.1, -0.05) is 5.16 Å². The second kappa shape index (κ2) is 5.33. The van der Waals surface area contributed by atoms with Crippen LogP contribution in [0.25, 0.3) is 11.5 Å². The van der Waals surface area contributed by atoms with Crippen LogP contribution in [0.2, 0.25) is 0 Å². The number of hydrogen-bond acceptors (Lipinski definition) is 8. The number of methoxy groups -OCH3 is 1. The summed E-state index contributed by atoms with van der Waals surface area (Å²) in [7, 11) is 1.50. The number of carbonyl (C=O) groups excluding carboxylic acids is 1. The summed E-state index contributed by atoms with van der Waals surface area (Å²) in [6, 6.07) is 3.31. The summed E-state index contributed by atoms with van der Waals surface area (Å²) >= 11 is 0. The first kappa shape index (κ1) is 12.7. The Morgan fingerprint density at radius 1 is 1.35 bits per heavy atom. The van der Waals surface area contributed by atoms with Crippen LogP contribution >= 0.6 is 0 Å². The lowest BCUT2D eigenvalue weighted by molar-refractivity contribution is -0.127. The predicted molar refractivity (Wildman–Crippen MR) is 65.1 cm³/mol. The second-order valence-electron chi connectivity index (χ2n) is 4.26. The van der Waals surface area contributed by atoms with Crippen molar-refractivity contribution in [2.75, 3.05) is 20.3 Å². The van der Waals surface area contributed by atoms with Gasteiger partial charge in [-0.05, 0) is 6.07 Å². The molecule has 2 aromatic rings. The Labute approximate surface area is 114 Å². The SMILES string of the molecule is COc1ccc(-c2noc(C3COCCC3=O)n2)nn1. The topological polar surface area (TPSA) is 100 Å². The van der Waals surface area contributed by atoms with Crippen LogP contribution < -0.4 is 4.74 Å². The molecular weight excluding hydrogens is 264 g/mol. The lowest BCUT2D eigenvalue weighted by atomic mass is 10.0. The average molecular weight is 276 g/mol. The van der Waals surface area contributed by atoms with Crippen LogP contribution in [0.3, 0.4) is 0 Å². The van der Waals surface area contributed by atoms with Gasteiger partial charge in [0.15, 0.2) is 0 Å². The number of Topliss-reactive ketones (excluding diaryl/α,β-unsaturated/α-hetero) is 1. The Hall–Kier alpha value is -2.35. The first-order valence-corrected chi connectivity index (χ1v) is 6.10. The van der Waals surface area contributed by atoms with Crippen molar-refractivity contribution >= 4 is 5.78 Å². The van der Waals surface area contributed by atoms with Crippen molar-refractivity contribution in [1.29, 1.82) is 0 Å². The maximum absolute atomic E-state index is 11.8. The van der Waals surface area contributed by atoms with E-state index in [0.29, 0.717) is 24.6 Å². The minimum absolute atomic E-state index is 0.0484. The standard InChI is InChI=1S/C12H12N4O4/c1-18-10-3-2-8(14-15-10)11-13-12(20-16-11)7-6-19-5-4-9(7)17/h2-3,7H,4-6H2,1H3. The molecule has 8 nitrogen and oxygen atoms in total. The molecule has 1 aliphatic rings. The van der Waals surface area contributed by atoms with E-state index in [4.69, 9.17) is 14.0 Å². The third kappa shape index (κ3) is 2.37. The molecule has 2 aromatic heterocycles. The highest BCUT2D eigenvalue weighted by Crippen LogP contribution is 2.23. The molecule has 0 aromatic carbocycles. The zero-order chi connectivity index (χ0) is 13.9. The van der Waals surface area contributed by atoms with E-state index in [-0.39, 0.29) is 24.1 Å². The van der Waals surface area contributed by atoms with Gasteiger partial charge in [-0.15, -0.1) is 10.2 Å². The third-order valence-corrected chi connectivity index (χ3v) is 2.98. The molecule has 1 atom stereocenters. The van der Waals surface area contributed by atoms with Crippen LogP contribution in [-0.2, 0) is 9.53 Å². The molecule has 1 saturated heterocycles. The fourth-order valence-corrected chi connectivity index (χ4v) is 1.88. The van der Waals surface area contributed by atoms with Crippen LogP contribution in [0.5, 0.6) is 5.88 Å². The molecule has 0 saturated carbocycles. The smallest absolute Gasteiger partial charge is 0.239 e. The molecule has 104 valence electrons. The van der Waals surface area contributed by atoms with E-state index < -0.39 is 5.92 Å². The highest BCUT2D eigenvalue weighted by atomic mass is 16.5. The van der Waals surface area contributed by atoms with Crippen molar-refractivity contribution in [3.05, 3.63) is 18.0 Å².